The molecule has 0 radical (unpaired) electrons. The van der Waals surface area contributed by atoms with Crippen LogP contribution in [0.25, 0.3) is 0 Å². The van der Waals surface area contributed by atoms with Gasteiger partial charge in [-0.15, -0.1) is 0 Å². The lowest BCUT2D eigenvalue weighted by atomic mass is 10.1. The highest BCUT2D eigenvalue weighted by Gasteiger charge is 2.44. The molecular weight excluding hydrogens is 134 g/mol. The molecule has 0 amide bonds. The van der Waals surface area contributed by atoms with Crippen molar-refractivity contribution < 1.29 is 14.9 Å². The van der Waals surface area contributed by atoms with Crippen LogP contribution in [0.15, 0.2) is 0 Å². The molecular formula is C6H11NO3. The molecule has 2 aliphatic heterocycles. The smallest absolute Gasteiger partial charge is 0.110 e. The summed E-state index contributed by atoms with van der Waals surface area (Å²) >= 11 is 0. The lowest BCUT2D eigenvalue weighted by Gasteiger charge is -2.20. The maximum absolute atomic E-state index is 9.25. The van der Waals surface area contributed by atoms with Gasteiger partial charge in [-0.1, -0.05) is 0 Å². The Balaban J connectivity index is 2.13. The number of fused-ring (bicyclic) bond motifs is 2. The van der Waals surface area contributed by atoms with E-state index in [0.29, 0.717) is 13.1 Å². The Kier molecular flexibility index (Phi) is 1.42. The van der Waals surface area contributed by atoms with Crippen LogP contribution in [0.5, 0.6) is 0 Å². The molecule has 58 valence electrons. The molecule has 2 saturated heterocycles. The van der Waals surface area contributed by atoms with Crippen molar-refractivity contribution in [2.24, 2.45) is 0 Å². The van der Waals surface area contributed by atoms with Gasteiger partial charge in [0.25, 0.3) is 0 Å². The summed E-state index contributed by atoms with van der Waals surface area (Å²) in [6, 6.07) is 0. The third-order valence-corrected chi connectivity index (χ3v) is 2.15. The fourth-order valence-electron chi connectivity index (χ4n) is 1.53. The lowest BCUT2D eigenvalue weighted by molar-refractivity contribution is -0.0151. The summed E-state index contributed by atoms with van der Waals surface area (Å²) in [6.45, 7) is 1.30. The highest BCUT2D eigenvalue weighted by molar-refractivity contribution is 4.95. The van der Waals surface area contributed by atoms with Gasteiger partial charge >= 0.3 is 0 Å². The van der Waals surface area contributed by atoms with Crippen molar-refractivity contribution in [3.8, 4) is 0 Å². The minimum Gasteiger partial charge on any atom is -0.388 e. The molecule has 0 aromatic rings. The molecule has 0 aromatic heterocycles. The summed E-state index contributed by atoms with van der Waals surface area (Å²) in [5.74, 6) is 0. The molecule has 0 saturated carbocycles. The molecule has 2 rings (SSSR count). The summed E-state index contributed by atoms with van der Waals surface area (Å²) in [5, 5.41) is 21.6. The van der Waals surface area contributed by atoms with Crippen LogP contribution in [0, 0.1) is 0 Å². The molecule has 0 spiro atoms. The van der Waals surface area contributed by atoms with Crippen molar-refractivity contribution in [3.63, 3.8) is 0 Å². The molecule has 0 aliphatic carbocycles. The highest BCUT2D eigenvalue weighted by Crippen LogP contribution is 2.22. The summed E-state index contributed by atoms with van der Waals surface area (Å²) in [6.07, 6.45) is -1.79. The fourth-order valence-corrected chi connectivity index (χ4v) is 1.53. The van der Waals surface area contributed by atoms with E-state index in [0.717, 1.165) is 0 Å². The molecule has 4 atom stereocenters. The summed E-state index contributed by atoms with van der Waals surface area (Å²) < 4.78 is 5.26. The lowest BCUT2D eigenvalue weighted by Crippen LogP contribution is -2.40. The Morgan fingerprint density at radius 2 is 1.60 bits per heavy atom. The van der Waals surface area contributed by atoms with E-state index in [4.69, 9.17) is 4.74 Å². The summed E-state index contributed by atoms with van der Waals surface area (Å²) in [4.78, 5) is 0. The zero-order valence-electron chi connectivity index (χ0n) is 5.53. The van der Waals surface area contributed by atoms with Crippen LogP contribution in [0.2, 0.25) is 0 Å². The molecule has 2 bridgehead atoms. The predicted octanol–water partition coefficient (Wildman–Crippen LogP) is -1.92. The van der Waals surface area contributed by atoms with Gasteiger partial charge in [-0.3, -0.25) is 0 Å². The van der Waals surface area contributed by atoms with Gasteiger partial charge in [-0.2, -0.15) is 0 Å². The molecule has 0 unspecified atom stereocenters. The molecule has 2 aliphatic rings. The van der Waals surface area contributed by atoms with E-state index >= 15 is 0 Å². The number of hydrogen-bond donors (Lipinski definition) is 3. The van der Waals surface area contributed by atoms with E-state index in [1.807, 2.05) is 0 Å². The van der Waals surface area contributed by atoms with Crippen LogP contribution < -0.4 is 5.32 Å². The van der Waals surface area contributed by atoms with Gasteiger partial charge in [0.05, 0.1) is 12.2 Å². The Morgan fingerprint density at radius 1 is 1.10 bits per heavy atom. The van der Waals surface area contributed by atoms with Crippen LogP contribution in [0.4, 0.5) is 0 Å². The van der Waals surface area contributed by atoms with Crippen LogP contribution in [0.3, 0.4) is 0 Å². The van der Waals surface area contributed by atoms with Crippen molar-refractivity contribution >= 4 is 0 Å². The van der Waals surface area contributed by atoms with Crippen LogP contribution >= 0.6 is 0 Å². The maximum atomic E-state index is 9.25. The normalized spacial score (nSPS) is 53.4. The number of rotatable bonds is 0. The highest BCUT2D eigenvalue weighted by atomic mass is 16.5. The largest absolute Gasteiger partial charge is 0.388 e. The first-order valence-corrected chi connectivity index (χ1v) is 3.51. The van der Waals surface area contributed by atoms with Crippen molar-refractivity contribution in [2.75, 3.05) is 13.1 Å². The number of nitrogens with one attached hydrogen (secondary N) is 1. The van der Waals surface area contributed by atoms with Gasteiger partial charge in [0.15, 0.2) is 0 Å². The summed E-state index contributed by atoms with van der Waals surface area (Å²) in [7, 11) is 0. The maximum Gasteiger partial charge on any atom is 0.110 e. The van der Waals surface area contributed by atoms with E-state index in [2.05, 4.69) is 5.32 Å². The molecule has 10 heavy (non-hydrogen) atoms. The number of aliphatic hydroxyl groups is 2. The van der Waals surface area contributed by atoms with Gasteiger partial charge < -0.3 is 20.3 Å². The van der Waals surface area contributed by atoms with Crippen molar-refractivity contribution in [2.45, 2.75) is 24.4 Å². The molecule has 2 heterocycles. The Hall–Kier alpha value is -0.160. The van der Waals surface area contributed by atoms with Gasteiger partial charge in [-0.05, 0) is 0 Å². The SMILES string of the molecule is O[C@H]1[C@H](O)[C@H]2CNC[C@@H]1O2. The number of aliphatic hydroxyl groups excluding tert-OH is 2. The van der Waals surface area contributed by atoms with Crippen LogP contribution in [-0.2, 0) is 4.74 Å². The molecule has 4 heteroatoms. The van der Waals surface area contributed by atoms with E-state index in [-0.39, 0.29) is 12.2 Å². The molecule has 4 nitrogen and oxygen atoms in total. The van der Waals surface area contributed by atoms with Gasteiger partial charge in [0.1, 0.15) is 12.2 Å². The first-order valence-electron chi connectivity index (χ1n) is 3.51. The van der Waals surface area contributed by atoms with Crippen molar-refractivity contribution in [1.29, 1.82) is 0 Å². The van der Waals surface area contributed by atoms with Gasteiger partial charge in [0.2, 0.25) is 0 Å². The number of morpholine rings is 1. The van der Waals surface area contributed by atoms with E-state index < -0.39 is 12.2 Å². The fraction of sp³-hybridized carbons (Fsp3) is 1.00. The summed E-state index contributed by atoms with van der Waals surface area (Å²) in [5.41, 5.74) is 0. The van der Waals surface area contributed by atoms with Crippen LogP contribution in [-0.4, -0.2) is 47.7 Å². The average Bonchev–Trinajstić information content (AvgIpc) is 2.17. The van der Waals surface area contributed by atoms with Crippen LogP contribution in [0.1, 0.15) is 0 Å². The van der Waals surface area contributed by atoms with Gasteiger partial charge in [0, 0.05) is 13.1 Å². The number of ether oxygens (including phenoxy) is 1. The first kappa shape index (κ1) is 6.54. The average molecular weight is 145 g/mol. The molecule has 0 aromatic carbocycles. The third-order valence-electron chi connectivity index (χ3n) is 2.15. The van der Waals surface area contributed by atoms with E-state index in [1.54, 1.807) is 0 Å². The minimum absolute atomic E-state index is 0.200. The minimum atomic E-state index is -0.694. The second kappa shape index (κ2) is 2.17. The zero-order chi connectivity index (χ0) is 7.14. The van der Waals surface area contributed by atoms with E-state index in [1.165, 1.54) is 0 Å². The topological polar surface area (TPSA) is 61.7 Å². The third kappa shape index (κ3) is 0.769. The van der Waals surface area contributed by atoms with Crippen molar-refractivity contribution in [3.05, 3.63) is 0 Å². The molecule has 3 N–H and O–H groups in total. The second-order valence-corrected chi connectivity index (χ2v) is 2.85. The molecule has 2 fully saturated rings. The Labute approximate surface area is 58.8 Å². The monoisotopic (exact) mass is 145 g/mol. The Morgan fingerprint density at radius 3 is 2.00 bits per heavy atom. The quantitative estimate of drug-likeness (QED) is 0.372. The first-order chi connectivity index (χ1) is 4.79. The van der Waals surface area contributed by atoms with Gasteiger partial charge in [-0.25, -0.2) is 0 Å². The standard InChI is InChI=1S/C6H11NO3/c8-5-3-1-7-2-4(10-3)6(5)9/h3-9H,1-2H2/t3-,4+,5-,6-/m1/s1. The number of hydrogen-bond acceptors (Lipinski definition) is 4. The van der Waals surface area contributed by atoms with E-state index in [9.17, 15) is 10.2 Å². The van der Waals surface area contributed by atoms with Crippen molar-refractivity contribution in [1.82, 2.24) is 5.32 Å². The Bertz CT molecular complexity index is 123. The predicted molar refractivity (Wildman–Crippen MR) is 33.5 cm³/mol. The second-order valence-electron chi connectivity index (χ2n) is 2.85. The zero-order valence-corrected chi connectivity index (χ0v) is 5.53.